The lowest BCUT2D eigenvalue weighted by molar-refractivity contribution is 1.52. The standard InChI is InChI=1S/C7H12S/c1-4-6-7(3)8-5-2/h4,6H,1,5H2,2-3H3. The average molecular weight is 128 g/mol. The Labute approximate surface area is 55.7 Å². The van der Waals surface area contributed by atoms with E-state index in [1.165, 1.54) is 4.91 Å². The lowest BCUT2D eigenvalue weighted by Gasteiger charge is -1.91. The van der Waals surface area contributed by atoms with Gasteiger partial charge in [0, 0.05) is 0 Å². The van der Waals surface area contributed by atoms with Crippen LogP contribution < -0.4 is 0 Å². The zero-order valence-electron chi connectivity index (χ0n) is 5.48. The predicted molar refractivity (Wildman–Crippen MR) is 42.1 cm³/mol. The van der Waals surface area contributed by atoms with Crippen molar-refractivity contribution in [1.82, 2.24) is 0 Å². The van der Waals surface area contributed by atoms with Gasteiger partial charge in [-0.25, -0.2) is 0 Å². The molecule has 0 aliphatic rings. The van der Waals surface area contributed by atoms with E-state index in [0.717, 1.165) is 5.75 Å². The molecule has 0 aromatic rings. The summed E-state index contributed by atoms with van der Waals surface area (Å²) in [4.78, 5) is 1.34. The second-order valence-corrected chi connectivity index (χ2v) is 2.96. The van der Waals surface area contributed by atoms with E-state index in [1.807, 2.05) is 23.9 Å². The van der Waals surface area contributed by atoms with Gasteiger partial charge in [-0.3, -0.25) is 0 Å². The molecule has 0 rings (SSSR count). The zero-order valence-corrected chi connectivity index (χ0v) is 6.29. The van der Waals surface area contributed by atoms with Gasteiger partial charge in [0.15, 0.2) is 0 Å². The highest BCUT2D eigenvalue weighted by molar-refractivity contribution is 8.03. The Morgan fingerprint density at radius 2 is 2.38 bits per heavy atom. The summed E-state index contributed by atoms with van der Waals surface area (Å²) in [6, 6.07) is 0. The van der Waals surface area contributed by atoms with E-state index in [0.29, 0.717) is 0 Å². The van der Waals surface area contributed by atoms with Gasteiger partial charge in [0.25, 0.3) is 0 Å². The second kappa shape index (κ2) is 4.98. The van der Waals surface area contributed by atoms with E-state index >= 15 is 0 Å². The summed E-state index contributed by atoms with van der Waals surface area (Å²) in [5.41, 5.74) is 0. The number of rotatable bonds is 3. The van der Waals surface area contributed by atoms with Crippen LogP contribution >= 0.6 is 11.8 Å². The van der Waals surface area contributed by atoms with Crippen LogP contribution in [0.2, 0.25) is 0 Å². The molecule has 0 heterocycles. The molecule has 0 saturated heterocycles. The monoisotopic (exact) mass is 128 g/mol. The van der Waals surface area contributed by atoms with E-state index in [4.69, 9.17) is 0 Å². The molecular formula is C7H12S. The first kappa shape index (κ1) is 7.83. The molecule has 0 atom stereocenters. The minimum Gasteiger partial charge on any atom is -0.131 e. The molecule has 0 aliphatic carbocycles. The van der Waals surface area contributed by atoms with Crippen molar-refractivity contribution in [2.24, 2.45) is 0 Å². The highest BCUT2D eigenvalue weighted by Crippen LogP contribution is 2.12. The smallest absolute Gasteiger partial charge is 0.00518 e. The quantitative estimate of drug-likeness (QED) is 0.527. The van der Waals surface area contributed by atoms with Crippen LogP contribution in [-0.2, 0) is 0 Å². The third kappa shape index (κ3) is 4.00. The third-order valence-corrected chi connectivity index (χ3v) is 1.60. The van der Waals surface area contributed by atoms with Gasteiger partial charge in [0.2, 0.25) is 0 Å². The van der Waals surface area contributed by atoms with E-state index in [1.54, 1.807) is 0 Å². The molecule has 0 radical (unpaired) electrons. The molecule has 0 saturated carbocycles. The summed E-state index contributed by atoms with van der Waals surface area (Å²) in [6.07, 6.45) is 3.84. The maximum Gasteiger partial charge on any atom is -0.00518 e. The summed E-state index contributed by atoms with van der Waals surface area (Å²) >= 11 is 1.85. The van der Waals surface area contributed by atoms with Crippen molar-refractivity contribution in [3.8, 4) is 0 Å². The highest BCUT2D eigenvalue weighted by Gasteiger charge is 1.81. The van der Waals surface area contributed by atoms with Crippen molar-refractivity contribution < 1.29 is 0 Å². The van der Waals surface area contributed by atoms with Gasteiger partial charge in [-0.2, -0.15) is 0 Å². The minimum absolute atomic E-state index is 1.15. The fraction of sp³-hybridized carbons (Fsp3) is 0.429. The van der Waals surface area contributed by atoms with E-state index in [2.05, 4.69) is 20.4 Å². The minimum atomic E-state index is 1.15. The Hall–Kier alpha value is -0.170. The second-order valence-electron chi connectivity index (χ2n) is 1.45. The number of hydrogen-bond donors (Lipinski definition) is 0. The van der Waals surface area contributed by atoms with Crippen molar-refractivity contribution in [3.05, 3.63) is 23.6 Å². The molecule has 0 bridgehead atoms. The van der Waals surface area contributed by atoms with Gasteiger partial charge in [0.1, 0.15) is 0 Å². The summed E-state index contributed by atoms with van der Waals surface area (Å²) in [7, 11) is 0. The lowest BCUT2D eigenvalue weighted by Crippen LogP contribution is -1.66. The summed E-state index contributed by atoms with van der Waals surface area (Å²) in [5, 5.41) is 0. The van der Waals surface area contributed by atoms with Gasteiger partial charge in [-0.15, -0.1) is 11.8 Å². The summed E-state index contributed by atoms with van der Waals surface area (Å²) < 4.78 is 0. The van der Waals surface area contributed by atoms with Crippen LogP contribution in [0, 0.1) is 0 Å². The molecule has 0 nitrogen and oxygen atoms in total. The molecule has 0 amide bonds. The Bertz CT molecular complexity index is 92.6. The van der Waals surface area contributed by atoms with Gasteiger partial charge in [-0.1, -0.05) is 25.7 Å². The molecule has 1 heteroatoms. The average Bonchev–Trinajstić information content (AvgIpc) is 1.68. The molecular weight excluding hydrogens is 116 g/mol. The normalized spacial score (nSPS) is 11.5. The van der Waals surface area contributed by atoms with Crippen molar-refractivity contribution in [2.45, 2.75) is 13.8 Å². The van der Waals surface area contributed by atoms with Gasteiger partial charge >= 0.3 is 0 Å². The van der Waals surface area contributed by atoms with Crippen molar-refractivity contribution >= 4 is 11.8 Å². The molecule has 46 valence electrons. The van der Waals surface area contributed by atoms with E-state index in [9.17, 15) is 0 Å². The summed E-state index contributed by atoms with van der Waals surface area (Å²) in [5.74, 6) is 1.15. The highest BCUT2D eigenvalue weighted by atomic mass is 32.2. The third-order valence-electron chi connectivity index (χ3n) is 0.725. The fourth-order valence-electron chi connectivity index (χ4n) is 0.442. The van der Waals surface area contributed by atoms with Crippen LogP contribution in [0.15, 0.2) is 23.6 Å². The largest absolute Gasteiger partial charge is 0.131 e. The predicted octanol–water partition coefficient (Wildman–Crippen LogP) is 2.83. The first-order valence-electron chi connectivity index (χ1n) is 2.73. The van der Waals surface area contributed by atoms with E-state index in [-0.39, 0.29) is 0 Å². The molecule has 0 aromatic heterocycles. The molecule has 0 aromatic carbocycles. The molecule has 0 unspecified atom stereocenters. The molecule has 8 heavy (non-hydrogen) atoms. The molecule has 0 N–H and O–H groups in total. The maximum atomic E-state index is 3.59. The number of allylic oxidation sites excluding steroid dienone is 3. The van der Waals surface area contributed by atoms with Crippen LogP contribution in [0.3, 0.4) is 0 Å². The Balaban J connectivity index is 3.44. The van der Waals surface area contributed by atoms with Crippen LogP contribution in [0.4, 0.5) is 0 Å². The van der Waals surface area contributed by atoms with Crippen LogP contribution in [0.1, 0.15) is 13.8 Å². The van der Waals surface area contributed by atoms with Crippen molar-refractivity contribution in [2.75, 3.05) is 5.75 Å². The van der Waals surface area contributed by atoms with Crippen molar-refractivity contribution in [1.29, 1.82) is 0 Å². The zero-order chi connectivity index (χ0) is 6.41. The number of thioether (sulfide) groups is 1. The first-order valence-corrected chi connectivity index (χ1v) is 3.72. The van der Waals surface area contributed by atoms with Crippen LogP contribution in [0.5, 0.6) is 0 Å². The Morgan fingerprint density at radius 3 is 2.75 bits per heavy atom. The van der Waals surface area contributed by atoms with Crippen molar-refractivity contribution in [3.63, 3.8) is 0 Å². The van der Waals surface area contributed by atoms with Gasteiger partial charge in [0.05, 0.1) is 0 Å². The van der Waals surface area contributed by atoms with Gasteiger partial charge in [-0.05, 0) is 17.6 Å². The topological polar surface area (TPSA) is 0 Å². The Morgan fingerprint density at radius 1 is 1.75 bits per heavy atom. The van der Waals surface area contributed by atoms with E-state index < -0.39 is 0 Å². The van der Waals surface area contributed by atoms with Crippen LogP contribution in [-0.4, -0.2) is 5.75 Å². The SMILES string of the molecule is C=CC=C(C)SCC. The molecule has 0 fully saturated rings. The molecule has 0 spiro atoms. The maximum absolute atomic E-state index is 3.59. The van der Waals surface area contributed by atoms with Gasteiger partial charge < -0.3 is 0 Å². The summed E-state index contributed by atoms with van der Waals surface area (Å²) in [6.45, 7) is 7.83. The first-order chi connectivity index (χ1) is 3.81. The Kier molecular flexibility index (Phi) is 4.87. The number of hydrogen-bond acceptors (Lipinski definition) is 1. The van der Waals surface area contributed by atoms with Crippen LogP contribution in [0.25, 0.3) is 0 Å². The fourth-order valence-corrected chi connectivity index (χ4v) is 1.09. The molecule has 0 aliphatic heterocycles. The lowest BCUT2D eigenvalue weighted by atomic mass is 10.5.